The molecular weight excluding hydrogens is 234 g/mol. The lowest BCUT2D eigenvalue weighted by Crippen LogP contribution is -2.46. The molecule has 1 aromatic rings. The summed E-state index contributed by atoms with van der Waals surface area (Å²) in [5, 5.41) is 9.01. The van der Waals surface area contributed by atoms with Gasteiger partial charge in [0.1, 0.15) is 12.5 Å². The van der Waals surface area contributed by atoms with Gasteiger partial charge in [0.05, 0.1) is 5.69 Å². The smallest absolute Gasteiger partial charge is 0.414 e. The molecular formula is C13H15NO4. The number of carbonyl (C=O) groups excluding carboxylic acids is 1. The largest absolute Gasteiger partial charge is 0.481 e. The quantitative estimate of drug-likeness (QED) is 0.870. The van der Waals surface area contributed by atoms with Crippen molar-refractivity contribution in [2.24, 2.45) is 5.92 Å². The van der Waals surface area contributed by atoms with Crippen molar-refractivity contribution in [1.29, 1.82) is 0 Å². The Morgan fingerprint density at radius 1 is 1.39 bits per heavy atom. The third kappa shape index (κ3) is 2.16. The van der Waals surface area contributed by atoms with Gasteiger partial charge in [0.25, 0.3) is 0 Å². The highest BCUT2D eigenvalue weighted by molar-refractivity contribution is 5.91. The van der Waals surface area contributed by atoms with Crippen molar-refractivity contribution in [1.82, 2.24) is 0 Å². The summed E-state index contributed by atoms with van der Waals surface area (Å²) in [5.41, 5.74) is 2.60. The lowest BCUT2D eigenvalue weighted by atomic mass is 10.0. The summed E-state index contributed by atoms with van der Waals surface area (Å²) in [5.74, 6) is -1.62. The van der Waals surface area contributed by atoms with Crippen molar-refractivity contribution in [3.05, 3.63) is 29.3 Å². The highest BCUT2D eigenvalue weighted by atomic mass is 16.6. The maximum Gasteiger partial charge on any atom is 0.414 e. The second-order valence-electron chi connectivity index (χ2n) is 4.46. The Kier molecular flexibility index (Phi) is 3.23. The summed E-state index contributed by atoms with van der Waals surface area (Å²) in [6.45, 7) is 3.87. The predicted molar refractivity (Wildman–Crippen MR) is 65.7 cm³/mol. The first kappa shape index (κ1) is 12.4. The fourth-order valence-corrected chi connectivity index (χ4v) is 2.16. The number of cyclic esters (lactones) is 1. The normalized spacial score (nSPS) is 19.6. The van der Waals surface area contributed by atoms with Crippen molar-refractivity contribution >= 4 is 17.7 Å². The average molecular weight is 249 g/mol. The van der Waals surface area contributed by atoms with Crippen molar-refractivity contribution < 1.29 is 19.4 Å². The molecule has 0 spiro atoms. The second-order valence-corrected chi connectivity index (χ2v) is 4.46. The van der Waals surface area contributed by atoms with Crippen molar-refractivity contribution in [2.75, 3.05) is 18.1 Å². The lowest BCUT2D eigenvalue weighted by molar-refractivity contribution is -0.143. The first-order valence-electron chi connectivity index (χ1n) is 5.74. The highest BCUT2D eigenvalue weighted by Crippen LogP contribution is 2.28. The zero-order valence-corrected chi connectivity index (χ0v) is 10.3. The standard InChI is InChI=1S/C13H15NO4/c1-8-4-3-5-9(2)11(8)14-6-10(12(15)16)7-18-13(14)17/h3-5,10H,6-7H2,1-2H3,(H,15,16). The summed E-state index contributed by atoms with van der Waals surface area (Å²) >= 11 is 0. The number of anilines is 1. The van der Waals surface area contributed by atoms with Crippen molar-refractivity contribution in [3.8, 4) is 0 Å². The first-order valence-corrected chi connectivity index (χ1v) is 5.74. The van der Waals surface area contributed by atoms with Crippen LogP contribution in [0.15, 0.2) is 18.2 Å². The Morgan fingerprint density at radius 3 is 2.56 bits per heavy atom. The van der Waals surface area contributed by atoms with Gasteiger partial charge in [0.2, 0.25) is 0 Å². The Bertz CT molecular complexity index is 478. The van der Waals surface area contributed by atoms with Crippen LogP contribution in [0.5, 0.6) is 0 Å². The zero-order chi connectivity index (χ0) is 13.3. The number of nitrogens with zero attached hydrogens (tertiary/aromatic N) is 1. The molecule has 0 bridgehead atoms. The fraction of sp³-hybridized carbons (Fsp3) is 0.385. The van der Waals surface area contributed by atoms with E-state index in [-0.39, 0.29) is 13.2 Å². The first-order chi connectivity index (χ1) is 8.50. The summed E-state index contributed by atoms with van der Waals surface area (Å²) in [7, 11) is 0. The van der Waals surface area contributed by atoms with Gasteiger partial charge in [0.15, 0.2) is 0 Å². The zero-order valence-electron chi connectivity index (χ0n) is 10.3. The number of para-hydroxylation sites is 1. The van der Waals surface area contributed by atoms with Crippen LogP contribution in [-0.2, 0) is 9.53 Å². The van der Waals surface area contributed by atoms with E-state index in [1.165, 1.54) is 4.90 Å². The Morgan fingerprint density at radius 2 is 2.00 bits per heavy atom. The van der Waals surface area contributed by atoms with E-state index in [0.717, 1.165) is 16.8 Å². The highest BCUT2D eigenvalue weighted by Gasteiger charge is 2.33. The molecule has 5 nitrogen and oxygen atoms in total. The molecule has 2 rings (SSSR count). The summed E-state index contributed by atoms with van der Waals surface area (Å²) < 4.78 is 4.93. The number of hydrogen-bond acceptors (Lipinski definition) is 3. The van der Waals surface area contributed by atoms with Gasteiger partial charge in [-0.05, 0) is 25.0 Å². The number of amides is 1. The summed E-state index contributed by atoms with van der Waals surface area (Å²) in [4.78, 5) is 24.2. The Hall–Kier alpha value is -2.04. The van der Waals surface area contributed by atoms with Gasteiger partial charge in [-0.15, -0.1) is 0 Å². The maximum absolute atomic E-state index is 11.8. The van der Waals surface area contributed by atoms with Crippen LogP contribution >= 0.6 is 0 Å². The number of carbonyl (C=O) groups is 2. The van der Waals surface area contributed by atoms with E-state index < -0.39 is 18.0 Å². The van der Waals surface area contributed by atoms with Crippen molar-refractivity contribution in [2.45, 2.75) is 13.8 Å². The fourth-order valence-electron chi connectivity index (χ4n) is 2.16. The number of ether oxygens (including phenoxy) is 1. The van der Waals surface area contributed by atoms with E-state index in [2.05, 4.69) is 0 Å². The van der Waals surface area contributed by atoms with Gasteiger partial charge < -0.3 is 9.84 Å². The lowest BCUT2D eigenvalue weighted by Gasteiger charge is -2.32. The third-order valence-corrected chi connectivity index (χ3v) is 3.09. The van der Waals surface area contributed by atoms with E-state index >= 15 is 0 Å². The number of rotatable bonds is 2. The minimum Gasteiger partial charge on any atom is -0.481 e. The van der Waals surface area contributed by atoms with Crippen LogP contribution in [0.4, 0.5) is 10.5 Å². The minimum atomic E-state index is -0.946. The number of aryl methyl sites for hydroxylation is 2. The molecule has 1 aliphatic heterocycles. The van der Waals surface area contributed by atoms with Crippen molar-refractivity contribution in [3.63, 3.8) is 0 Å². The van der Waals surface area contributed by atoms with Crippen LogP contribution in [0, 0.1) is 19.8 Å². The number of carboxylic acids is 1. The van der Waals surface area contributed by atoms with Crippen LogP contribution in [0.2, 0.25) is 0 Å². The third-order valence-electron chi connectivity index (χ3n) is 3.09. The van der Waals surface area contributed by atoms with E-state index in [1.807, 2.05) is 32.0 Å². The molecule has 0 aliphatic carbocycles. The molecule has 1 N–H and O–H groups in total. The molecule has 0 radical (unpaired) electrons. The van der Waals surface area contributed by atoms with E-state index in [0.29, 0.717) is 0 Å². The molecule has 1 heterocycles. The maximum atomic E-state index is 11.8. The molecule has 5 heteroatoms. The number of carboxylic acid groups (broad SMARTS) is 1. The molecule has 1 aromatic carbocycles. The molecule has 1 aliphatic rings. The van der Waals surface area contributed by atoms with Crippen LogP contribution < -0.4 is 4.90 Å². The molecule has 1 fully saturated rings. The topological polar surface area (TPSA) is 66.8 Å². The second kappa shape index (κ2) is 4.68. The van der Waals surface area contributed by atoms with E-state index in [4.69, 9.17) is 9.84 Å². The molecule has 1 amide bonds. The Balaban J connectivity index is 2.36. The molecule has 18 heavy (non-hydrogen) atoms. The van der Waals surface area contributed by atoms with Gasteiger partial charge >= 0.3 is 12.1 Å². The molecule has 1 unspecified atom stereocenters. The molecule has 0 saturated carbocycles. The monoisotopic (exact) mass is 249 g/mol. The van der Waals surface area contributed by atoms with E-state index in [9.17, 15) is 9.59 Å². The number of benzene rings is 1. The van der Waals surface area contributed by atoms with Gasteiger partial charge in [-0.3, -0.25) is 9.69 Å². The van der Waals surface area contributed by atoms with Gasteiger partial charge in [-0.2, -0.15) is 0 Å². The van der Waals surface area contributed by atoms with Gasteiger partial charge in [0, 0.05) is 6.54 Å². The predicted octanol–water partition coefficient (Wildman–Crippen LogP) is 1.96. The number of hydrogen-bond donors (Lipinski definition) is 1. The van der Waals surface area contributed by atoms with E-state index in [1.54, 1.807) is 0 Å². The molecule has 1 saturated heterocycles. The summed E-state index contributed by atoms with van der Waals surface area (Å²) in [6, 6.07) is 5.68. The van der Waals surface area contributed by atoms with Crippen LogP contribution in [0.25, 0.3) is 0 Å². The van der Waals surface area contributed by atoms with Gasteiger partial charge in [-0.25, -0.2) is 4.79 Å². The average Bonchev–Trinajstić information content (AvgIpc) is 2.30. The molecule has 1 atom stereocenters. The Labute approximate surface area is 105 Å². The molecule has 0 aromatic heterocycles. The van der Waals surface area contributed by atoms with Gasteiger partial charge in [-0.1, -0.05) is 18.2 Å². The van der Waals surface area contributed by atoms with Crippen LogP contribution in [0.1, 0.15) is 11.1 Å². The molecule has 96 valence electrons. The van der Waals surface area contributed by atoms with Crippen LogP contribution in [-0.4, -0.2) is 30.3 Å². The summed E-state index contributed by atoms with van der Waals surface area (Å²) in [6.07, 6.45) is -0.482. The minimum absolute atomic E-state index is 0.0599. The SMILES string of the molecule is Cc1cccc(C)c1N1CC(C(=O)O)COC1=O. The number of aliphatic carboxylic acids is 1. The van der Waals surface area contributed by atoms with Crippen LogP contribution in [0.3, 0.4) is 0 Å².